The Labute approximate surface area is 340 Å². The highest BCUT2D eigenvalue weighted by Crippen LogP contribution is 2.33. The van der Waals surface area contributed by atoms with E-state index in [0.29, 0.717) is 64.2 Å². The summed E-state index contributed by atoms with van der Waals surface area (Å²) < 4.78 is 28.2. The summed E-state index contributed by atoms with van der Waals surface area (Å²) in [5.41, 5.74) is 8.46. The fourth-order valence-electron chi connectivity index (χ4n) is 6.65. The van der Waals surface area contributed by atoms with Crippen molar-refractivity contribution in [1.29, 1.82) is 0 Å². The summed E-state index contributed by atoms with van der Waals surface area (Å²) in [5, 5.41) is 2.24. The number of aromatic nitrogens is 2. The van der Waals surface area contributed by atoms with Crippen molar-refractivity contribution in [3.8, 4) is 28.0 Å². The van der Waals surface area contributed by atoms with Crippen LogP contribution in [0.3, 0.4) is 0 Å². The van der Waals surface area contributed by atoms with Gasteiger partial charge in [-0.1, -0.05) is 38.1 Å². The molecule has 1 fully saturated rings. The smallest absolute Gasteiger partial charge is 0.255 e. The molecule has 1 N–H and O–H groups in total. The minimum absolute atomic E-state index is 0.105. The van der Waals surface area contributed by atoms with Gasteiger partial charge in [-0.3, -0.25) is 34.5 Å². The van der Waals surface area contributed by atoms with E-state index in [-0.39, 0.29) is 43.1 Å². The molecule has 1 atom stereocenters. The van der Waals surface area contributed by atoms with E-state index in [1.54, 1.807) is 6.07 Å². The maximum atomic E-state index is 13.1. The lowest BCUT2D eigenvalue weighted by Crippen LogP contribution is -2.53. The first-order valence-electron chi connectivity index (χ1n) is 19.8. The number of nitrogens with one attached hydrogen (secondary N) is 1. The zero-order valence-corrected chi connectivity index (χ0v) is 33.9. The van der Waals surface area contributed by atoms with Crippen molar-refractivity contribution in [3.05, 3.63) is 101 Å². The number of carbonyl (C=O) groups is 4. The van der Waals surface area contributed by atoms with E-state index in [0.717, 1.165) is 29.7 Å². The fraction of sp³-hybridized carbons (Fsp3) is 0.422. The molecule has 13 nitrogen and oxygen atoms in total. The number of likely N-dealkylation sites (N-methyl/N-ethyl adjacent to an activating group) is 1. The van der Waals surface area contributed by atoms with Gasteiger partial charge in [0.05, 0.1) is 51.8 Å². The van der Waals surface area contributed by atoms with Gasteiger partial charge in [-0.15, -0.1) is 0 Å². The zero-order valence-electron chi connectivity index (χ0n) is 33.9. The maximum absolute atomic E-state index is 13.1. The first kappa shape index (κ1) is 43.8. The Bertz CT molecular complexity index is 1990. The predicted molar refractivity (Wildman–Crippen MR) is 219 cm³/mol. The molecule has 13 heteroatoms. The predicted octanol–water partition coefficient (Wildman–Crippen LogP) is 6.01. The maximum Gasteiger partial charge on any atom is 0.255 e. The summed E-state index contributed by atoms with van der Waals surface area (Å²) in [7, 11) is 1.47. The number of piperidine rings is 1. The topological polar surface area (TPSA) is 155 Å². The van der Waals surface area contributed by atoms with Crippen LogP contribution in [0.15, 0.2) is 73.2 Å². The quantitative estimate of drug-likeness (QED) is 0.0533. The van der Waals surface area contributed by atoms with Crippen molar-refractivity contribution >= 4 is 24.0 Å². The average Bonchev–Trinajstić information content (AvgIpc) is 3.23. The minimum Gasteiger partial charge on any atom is -0.491 e. The highest BCUT2D eigenvalue weighted by molar-refractivity contribution is 6.06. The van der Waals surface area contributed by atoms with E-state index in [4.69, 9.17) is 28.7 Å². The molecular weight excluding hydrogens is 741 g/mol. The molecule has 1 unspecified atom stereocenters. The Kier molecular flexibility index (Phi) is 17.0. The molecule has 1 saturated heterocycles. The standard InChI is InChI=1S/C45H54N4O9/c1-31(2)38-15-16-46-29-41(38)39-12-9-33(26-32(39)3)34-7-10-36(47-28-34)6-5-17-54-18-19-55-20-21-56-22-23-57-24-25-58-37-11-8-35(30-50)40(27-37)45(53)49(4)42-13-14-43(51)48-44(42)52/h7-12,15-16,26-31,42H,5-6,13-14,17-25H2,1-4H3,(H,48,51,52). The van der Waals surface area contributed by atoms with E-state index in [1.807, 2.05) is 18.6 Å². The van der Waals surface area contributed by atoms with Crippen LogP contribution in [0.1, 0.15) is 76.6 Å². The zero-order chi connectivity index (χ0) is 41.3. The van der Waals surface area contributed by atoms with Crippen molar-refractivity contribution in [3.63, 3.8) is 0 Å². The molecule has 0 aliphatic carbocycles. The number of imide groups is 1. The molecule has 5 rings (SSSR count). The number of aryl methyl sites for hydroxylation is 2. The second-order valence-electron chi connectivity index (χ2n) is 14.3. The van der Waals surface area contributed by atoms with Crippen LogP contribution in [0.4, 0.5) is 0 Å². The summed E-state index contributed by atoms with van der Waals surface area (Å²) in [6, 6.07) is 16.6. The van der Waals surface area contributed by atoms with Crippen molar-refractivity contribution in [1.82, 2.24) is 20.2 Å². The summed E-state index contributed by atoms with van der Waals surface area (Å²) >= 11 is 0. The Morgan fingerprint density at radius 2 is 1.53 bits per heavy atom. The van der Waals surface area contributed by atoms with Gasteiger partial charge in [-0.05, 0) is 84.7 Å². The van der Waals surface area contributed by atoms with E-state index in [1.165, 1.54) is 46.3 Å². The van der Waals surface area contributed by atoms with Gasteiger partial charge in [-0.2, -0.15) is 0 Å². The van der Waals surface area contributed by atoms with Crippen molar-refractivity contribution in [2.24, 2.45) is 0 Å². The molecule has 0 bridgehead atoms. The number of pyridine rings is 2. The molecule has 2 aromatic heterocycles. The molecular formula is C45H54N4O9. The first-order chi connectivity index (χ1) is 28.2. The largest absolute Gasteiger partial charge is 0.491 e. The van der Waals surface area contributed by atoms with Gasteiger partial charge in [0.1, 0.15) is 18.4 Å². The van der Waals surface area contributed by atoms with Crippen LogP contribution in [0, 0.1) is 6.92 Å². The Morgan fingerprint density at radius 3 is 2.17 bits per heavy atom. The lowest BCUT2D eigenvalue weighted by atomic mass is 9.91. The normalized spacial score (nSPS) is 14.1. The van der Waals surface area contributed by atoms with Gasteiger partial charge in [0, 0.05) is 61.1 Å². The summed E-state index contributed by atoms with van der Waals surface area (Å²) in [6.45, 7) is 10.3. The lowest BCUT2D eigenvalue weighted by molar-refractivity contribution is -0.136. The third-order valence-electron chi connectivity index (χ3n) is 9.87. The summed E-state index contributed by atoms with van der Waals surface area (Å²) in [4.78, 5) is 58.8. The van der Waals surface area contributed by atoms with Crippen molar-refractivity contribution < 1.29 is 42.9 Å². The SMILES string of the molecule is Cc1cc(-c2ccc(CCCOCCOCCOCCOCCOc3ccc(C=O)c(C(=O)N(C)C4CCC(=O)NC4=O)c3)nc2)ccc1-c1cnccc1C(C)C. The van der Waals surface area contributed by atoms with Gasteiger partial charge in [-0.25, -0.2) is 0 Å². The van der Waals surface area contributed by atoms with E-state index in [2.05, 4.69) is 67.5 Å². The van der Waals surface area contributed by atoms with Gasteiger partial charge < -0.3 is 28.6 Å². The number of nitrogens with zero attached hydrogens (tertiary/aromatic N) is 3. The molecule has 308 valence electrons. The Morgan fingerprint density at radius 1 is 0.845 bits per heavy atom. The van der Waals surface area contributed by atoms with Gasteiger partial charge >= 0.3 is 0 Å². The molecule has 2 aromatic carbocycles. The summed E-state index contributed by atoms with van der Waals surface area (Å²) in [5.74, 6) is -0.631. The lowest BCUT2D eigenvalue weighted by Gasteiger charge is -2.30. The van der Waals surface area contributed by atoms with Crippen LogP contribution in [0.2, 0.25) is 0 Å². The molecule has 58 heavy (non-hydrogen) atoms. The van der Waals surface area contributed by atoms with Crippen LogP contribution in [-0.4, -0.2) is 111 Å². The van der Waals surface area contributed by atoms with Crippen LogP contribution in [-0.2, 0) is 35.0 Å². The molecule has 3 amide bonds. The Hall–Kier alpha value is -5.34. The van der Waals surface area contributed by atoms with Crippen LogP contribution < -0.4 is 10.1 Å². The van der Waals surface area contributed by atoms with E-state index < -0.39 is 17.9 Å². The van der Waals surface area contributed by atoms with Crippen LogP contribution >= 0.6 is 0 Å². The number of carbonyl (C=O) groups excluding carboxylic acids is 4. The van der Waals surface area contributed by atoms with Crippen LogP contribution in [0.25, 0.3) is 22.3 Å². The molecule has 0 saturated carbocycles. The molecule has 3 heterocycles. The Balaban J connectivity index is 0.873. The molecule has 4 aromatic rings. The summed E-state index contributed by atoms with van der Waals surface area (Å²) in [6.07, 6.45) is 8.40. The average molecular weight is 795 g/mol. The van der Waals surface area contributed by atoms with E-state index >= 15 is 0 Å². The number of hydrogen-bond donors (Lipinski definition) is 1. The molecule has 0 radical (unpaired) electrons. The number of aldehydes is 1. The third-order valence-corrected chi connectivity index (χ3v) is 9.87. The minimum atomic E-state index is -0.806. The van der Waals surface area contributed by atoms with Crippen LogP contribution in [0.5, 0.6) is 5.75 Å². The van der Waals surface area contributed by atoms with Gasteiger partial charge in [0.25, 0.3) is 5.91 Å². The third kappa shape index (κ3) is 12.6. The highest BCUT2D eigenvalue weighted by Gasteiger charge is 2.33. The van der Waals surface area contributed by atoms with Crippen molar-refractivity contribution in [2.75, 3.05) is 66.5 Å². The monoisotopic (exact) mass is 794 g/mol. The second kappa shape index (κ2) is 22.6. The number of ether oxygens (including phenoxy) is 5. The molecule has 1 aliphatic heterocycles. The number of rotatable bonds is 23. The molecule has 1 aliphatic rings. The fourth-order valence-corrected chi connectivity index (χ4v) is 6.65. The second-order valence-corrected chi connectivity index (χ2v) is 14.3. The van der Waals surface area contributed by atoms with E-state index in [9.17, 15) is 19.2 Å². The number of amides is 3. The van der Waals surface area contributed by atoms with Crippen molar-refractivity contribution in [2.45, 2.75) is 58.4 Å². The van der Waals surface area contributed by atoms with Gasteiger partial charge in [0.2, 0.25) is 11.8 Å². The number of benzene rings is 2. The number of hydrogen-bond acceptors (Lipinski definition) is 11. The van der Waals surface area contributed by atoms with Gasteiger partial charge in [0.15, 0.2) is 6.29 Å². The molecule has 0 spiro atoms. The highest BCUT2D eigenvalue weighted by atomic mass is 16.6. The first-order valence-corrected chi connectivity index (χ1v) is 19.8.